The molecule has 3 aromatic rings. The standard InChI is InChI=1S/C19H14N2O3S/c1-10-13-7-11(9-20-18(13)25-16(10)19(23)24-2)8-14-12-5-3-4-6-15(12)21-17(14)22/h3-9H,1-2H3,(H,21,22)/b14-8-. The number of thiophene rings is 1. The Labute approximate surface area is 148 Å². The van der Waals surface area contributed by atoms with E-state index in [9.17, 15) is 9.59 Å². The van der Waals surface area contributed by atoms with Gasteiger partial charge in [-0.2, -0.15) is 0 Å². The SMILES string of the molecule is COC(=O)c1sc2ncc(/C=C3\C(=O)Nc4ccccc43)cc2c1C. The molecule has 0 unspecified atom stereocenters. The largest absolute Gasteiger partial charge is 0.465 e. The number of esters is 1. The van der Waals surface area contributed by atoms with Crippen molar-refractivity contribution in [2.75, 3.05) is 12.4 Å². The number of nitrogens with one attached hydrogen (secondary N) is 1. The molecular formula is C19H14N2O3S. The van der Waals surface area contributed by atoms with Crippen molar-refractivity contribution in [3.8, 4) is 0 Å². The highest BCUT2D eigenvalue weighted by Crippen LogP contribution is 2.34. The third-order valence-corrected chi connectivity index (χ3v) is 5.40. The van der Waals surface area contributed by atoms with Crippen LogP contribution >= 0.6 is 11.3 Å². The number of benzene rings is 1. The summed E-state index contributed by atoms with van der Waals surface area (Å²) in [7, 11) is 1.37. The first-order valence-corrected chi connectivity index (χ1v) is 8.50. The average molecular weight is 350 g/mol. The minimum absolute atomic E-state index is 0.126. The maximum Gasteiger partial charge on any atom is 0.348 e. The van der Waals surface area contributed by atoms with Crippen LogP contribution in [0.2, 0.25) is 0 Å². The van der Waals surface area contributed by atoms with Gasteiger partial charge in [-0.15, -0.1) is 11.3 Å². The highest BCUT2D eigenvalue weighted by molar-refractivity contribution is 7.20. The molecule has 25 heavy (non-hydrogen) atoms. The van der Waals surface area contributed by atoms with E-state index in [4.69, 9.17) is 4.74 Å². The smallest absolute Gasteiger partial charge is 0.348 e. The molecule has 3 heterocycles. The number of aryl methyl sites for hydroxylation is 1. The van der Waals surface area contributed by atoms with Crippen molar-refractivity contribution in [1.82, 2.24) is 4.98 Å². The second-order valence-electron chi connectivity index (χ2n) is 5.73. The number of anilines is 1. The number of pyridine rings is 1. The van der Waals surface area contributed by atoms with Gasteiger partial charge in [-0.1, -0.05) is 18.2 Å². The number of carbonyl (C=O) groups is 2. The summed E-state index contributed by atoms with van der Waals surface area (Å²) < 4.78 is 4.82. The van der Waals surface area contributed by atoms with Crippen molar-refractivity contribution in [2.24, 2.45) is 0 Å². The van der Waals surface area contributed by atoms with E-state index >= 15 is 0 Å². The molecule has 4 rings (SSSR count). The number of rotatable bonds is 2. The second-order valence-corrected chi connectivity index (χ2v) is 6.73. The average Bonchev–Trinajstić information content (AvgIpc) is 3.12. The monoisotopic (exact) mass is 350 g/mol. The van der Waals surface area contributed by atoms with Crippen LogP contribution in [-0.4, -0.2) is 24.0 Å². The minimum Gasteiger partial charge on any atom is -0.465 e. The van der Waals surface area contributed by atoms with Gasteiger partial charge in [0.15, 0.2) is 0 Å². The van der Waals surface area contributed by atoms with Crippen molar-refractivity contribution in [3.63, 3.8) is 0 Å². The van der Waals surface area contributed by atoms with Gasteiger partial charge in [0.2, 0.25) is 0 Å². The fraction of sp³-hybridized carbons (Fsp3) is 0.105. The molecule has 1 aliphatic heterocycles. The highest BCUT2D eigenvalue weighted by atomic mass is 32.1. The second kappa shape index (κ2) is 5.82. The van der Waals surface area contributed by atoms with E-state index in [-0.39, 0.29) is 11.9 Å². The molecule has 5 nitrogen and oxygen atoms in total. The van der Waals surface area contributed by atoms with Gasteiger partial charge in [0, 0.05) is 28.4 Å². The van der Waals surface area contributed by atoms with E-state index in [1.165, 1.54) is 18.4 Å². The highest BCUT2D eigenvalue weighted by Gasteiger charge is 2.23. The fourth-order valence-electron chi connectivity index (χ4n) is 2.93. The molecule has 6 heteroatoms. The summed E-state index contributed by atoms with van der Waals surface area (Å²) in [6, 6.07) is 9.53. The van der Waals surface area contributed by atoms with Gasteiger partial charge in [-0.3, -0.25) is 4.79 Å². The maximum atomic E-state index is 12.2. The summed E-state index contributed by atoms with van der Waals surface area (Å²) in [4.78, 5) is 29.8. The van der Waals surface area contributed by atoms with Crippen LogP contribution in [-0.2, 0) is 9.53 Å². The Morgan fingerprint density at radius 2 is 2.12 bits per heavy atom. The molecule has 124 valence electrons. The van der Waals surface area contributed by atoms with E-state index in [2.05, 4.69) is 10.3 Å². The summed E-state index contributed by atoms with van der Waals surface area (Å²) in [5.41, 5.74) is 3.96. The molecule has 1 amide bonds. The lowest BCUT2D eigenvalue weighted by atomic mass is 10.0. The van der Waals surface area contributed by atoms with Gasteiger partial charge < -0.3 is 10.1 Å². The summed E-state index contributed by atoms with van der Waals surface area (Å²) in [6.07, 6.45) is 3.53. The fourth-order valence-corrected chi connectivity index (χ4v) is 3.98. The van der Waals surface area contributed by atoms with Crippen LogP contribution in [0.1, 0.15) is 26.4 Å². The molecule has 1 aliphatic rings. The summed E-state index contributed by atoms with van der Waals surface area (Å²) >= 11 is 1.31. The first-order chi connectivity index (χ1) is 12.1. The summed E-state index contributed by atoms with van der Waals surface area (Å²) in [5.74, 6) is -0.483. The quantitative estimate of drug-likeness (QED) is 0.562. The number of hydrogen-bond acceptors (Lipinski definition) is 5. The molecular weight excluding hydrogens is 336 g/mol. The molecule has 0 fully saturated rings. The molecule has 1 aromatic carbocycles. The minimum atomic E-state index is -0.357. The van der Waals surface area contributed by atoms with Crippen molar-refractivity contribution in [3.05, 3.63) is 58.1 Å². The number of para-hydroxylation sites is 1. The van der Waals surface area contributed by atoms with Gasteiger partial charge >= 0.3 is 5.97 Å². The van der Waals surface area contributed by atoms with Crippen LogP contribution in [0.4, 0.5) is 5.69 Å². The molecule has 0 saturated heterocycles. The number of methoxy groups -OCH3 is 1. The number of aromatic nitrogens is 1. The molecule has 1 N–H and O–H groups in total. The molecule has 0 spiro atoms. The number of hydrogen-bond donors (Lipinski definition) is 1. The lowest BCUT2D eigenvalue weighted by Gasteiger charge is -1.99. The Hall–Kier alpha value is -2.99. The van der Waals surface area contributed by atoms with Gasteiger partial charge in [0.25, 0.3) is 5.91 Å². The van der Waals surface area contributed by atoms with Gasteiger partial charge in [-0.25, -0.2) is 9.78 Å². The Morgan fingerprint density at radius 1 is 1.32 bits per heavy atom. The van der Waals surface area contributed by atoms with Crippen molar-refractivity contribution >= 4 is 50.8 Å². The summed E-state index contributed by atoms with van der Waals surface area (Å²) in [6.45, 7) is 1.88. The van der Waals surface area contributed by atoms with Crippen molar-refractivity contribution in [2.45, 2.75) is 6.92 Å². The third-order valence-electron chi connectivity index (χ3n) is 4.21. The van der Waals surface area contributed by atoms with Crippen LogP contribution in [0.3, 0.4) is 0 Å². The Kier molecular flexibility index (Phi) is 3.62. The molecule has 2 aromatic heterocycles. The topological polar surface area (TPSA) is 68.3 Å². The van der Waals surface area contributed by atoms with Gasteiger partial charge in [0.1, 0.15) is 9.71 Å². The first-order valence-electron chi connectivity index (χ1n) is 7.68. The normalized spacial score (nSPS) is 14.6. The molecule has 0 atom stereocenters. The molecule has 0 radical (unpaired) electrons. The number of amides is 1. The zero-order valence-corrected chi connectivity index (χ0v) is 14.4. The predicted octanol–water partition coefficient (Wildman–Crippen LogP) is 3.88. The van der Waals surface area contributed by atoms with Crippen LogP contribution in [0.15, 0.2) is 36.5 Å². The number of nitrogens with zero attached hydrogens (tertiary/aromatic N) is 1. The third kappa shape index (κ3) is 2.51. The lowest BCUT2D eigenvalue weighted by Crippen LogP contribution is -2.03. The maximum absolute atomic E-state index is 12.2. The molecule has 0 bridgehead atoms. The predicted molar refractivity (Wildman–Crippen MR) is 98.6 cm³/mol. The lowest BCUT2D eigenvalue weighted by molar-refractivity contribution is -0.110. The van der Waals surface area contributed by atoms with Gasteiger partial charge in [-0.05, 0) is 36.3 Å². The zero-order valence-electron chi connectivity index (χ0n) is 13.6. The van der Waals surface area contributed by atoms with Crippen LogP contribution in [0, 0.1) is 6.92 Å². The van der Waals surface area contributed by atoms with Crippen LogP contribution < -0.4 is 5.32 Å². The van der Waals surface area contributed by atoms with Crippen LogP contribution in [0.25, 0.3) is 21.9 Å². The van der Waals surface area contributed by atoms with Crippen molar-refractivity contribution < 1.29 is 14.3 Å². The number of fused-ring (bicyclic) bond motifs is 2. The first kappa shape index (κ1) is 15.5. The Morgan fingerprint density at radius 3 is 2.92 bits per heavy atom. The zero-order chi connectivity index (χ0) is 17.6. The number of ether oxygens (including phenoxy) is 1. The molecule has 0 saturated carbocycles. The molecule has 0 aliphatic carbocycles. The van der Waals surface area contributed by atoms with E-state index < -0.39 is 0 Å². The Balaban J connectivity index is 1.82. The van der Waals surface area contributed by atoms with E-state index in [1.807, 2.05) is 43.3 Å². The van der Waals surface area contributed by atoms with Crippen LogP contribution in [0.5, 0.6) is 0 Å². The van der Waals surface area contributed by atoms with E-state index in [1.54, 1.807) is 6.20 Å². The van der Waals surface area contributed by atoms with Crippen molar-refractivity contribution in [1.29, 1.82) is 0 Å². The Bertz CT molecular complexity index is 1070. The van der Waals surface area contributed by atoms with Gasteiger partial charge in [0.05, 0.1) is 7.11 Å². The van der Waals surface area contributed by atoms with E-state index in [0.29, 0.717) is 10.5 Å². The van der Waals surface area contributed by atoms with E-state index in [0.717, 1.165) is 32.6 Å². The summed E-state index contributed by atoms with van der Waals surface area (Å²) in [5, 5.41) is 3.75. The number of carbonyl (C=O) groups excluding carboxylic acids is 2.